The van der Waals surface area contributed by atoms with Gasteiger partial charge in [-0.1, -0.05) is 37.3 Å². The molecule has 0 saturated carbocycles. The highest BCUT2D eigenvalue weighted by Crippen LogP contribution is 2.25. The van der Waals surface area contributed by atoms with Crippen molar-refractivity contribution in [1.82, 2.24) is 4.90 Å². The largest absolute Gasteiger partial charge is 0.396 e. The Morgan fingerprint density at radius 1 is 1.29 bits per heavy atom. The predicted octanol–water partition coefficient (Wildman–Crippen LogP) is 1.11. The Kier molecular flexibility index (Phi) is 4.15. The van der Waals surface area contributed by atoms with Crippen molar-refractivity contribution in [2.75, 3.05) is 19.7 Å². The number of aliphatic hydroxyl groups is 2. The van der Waals surface area contributed by atoms with Gasteiger partial charge in [-0.25, -0.2) is 0 Å². The molecule has 0 amide bonds. The summed E-state index contributed by atoms with van der Waals surface area (Å²) in [7, 11) is 0. The molecule has 1 aliphatic rings. The van der Waals surface area contributed by atoms with E-state index in [-0.39, 0.29) is 24.5 Å². The summed E-state index contributed by atoms with van der Waals surface area (Å²) in [5.41, 5.74) is 1.28. The van der Waals surface area contributed by atoms with E-state index in [0.717, 1.165) is 13.1 Å². The first kappa shape index (κ1) is 12.6. The smallest absolute Gasteiger partial charge is 0.0710 e. The summed E-state index contributed by atoms with van der Waals surface area (Å²) >= 11 is 0. The zero-order valence-electron chi connectivity index (χ0n) is 10.3. The molecular weight excluding hydrogens is 214 g/mol. The fourth-order valence-electron chi connectivity index (χ4n) is 2.56. The van der Waals surface area contributed by atoms with E-state index in [4.69, 9.17) is 5.11 Å². The first-order valence-electron chi connectivity index (χ1n) is 6.26. The molecule has 3 nitrogen and oxygen atoms in total. The quantitative estimate of drug-likeness (QED) is 0.821. The van der Waals surface area contributed by atoms with E-state index >= 15 is 0 Å². The number of benzene rings is 1. The lowest BCUT2D eigenvalue weighted by atomic mass is 9.92. The molecule has 1 aromatic carbocycles. The van der Waals surface area contributed by atoms with Crippen LogP contribution in [0.25, 0.3) is 0 Å². The van der Waals surface area contributed by atoms with E-state index in [1.165, 1.54) is 5.56 Å². The predicted molar refractivity (Wildman–Crippen MR) is 67.5 cm³/mol. The molecular formula is C14H21NO2. The maximum Gasteiger partial charge on any atom is 0.0710 e. The molecule has 0 aliphatic carbocycles. The van der Waals surface area contributed by atoms with E-state index in [1.807, 2.05) is 25.1 Å². The summed E-state index contributed by atoms with van der Waals surface area (Å²) in [6.07, 6.45) is -0.305. The average Bonchev–Trinajstić information content (AvgIpc) is 2.70. The van der Waals surface area contributed by atoms with Gasteiger partial charge in [-0.2, -0.15) is 0 Å². The van der Waals surface area contributed by atoms with Crippen LogP contribution in [0.1, 0.15) is 12.5 Å². The Morgan fingerprint density at radius 2 is 2.00 bits per heavy atom. The fraction of sp³-hybridized carbons (Fsp3) is 0.571. The maximum absolute atomic E-state index is 9.99. The van der Waals surface area contributed by atoms with Crippen LogP contribution in [0.3, 0.4) is 0 Å². The van der Waals surface area contributed by atoms with Crippen molar-refractivity contribution in [3.8, 4) is 0 Å². The third kappa shape index (κ3) is 3.06. The molecule has 3 unspecified atom stereocenters. The molecule has 0 spiro atoms. The van der Waals surface area contributed by atoms with E-state index < -0.39 is 0 Å². The lowest BCUT2D eigenvalue weighted by Gasteiger charge is -2.19. The van der Waals surface area contributed by atoms with Crippen LogP contribution in [-0.2, 0) is 6.54 Å². The summed E-state index contributed by atoms with van der Waals surface area (Å²) < 4.78 is 0. The number of hydrogen-bond donors (Lipinski definition) is 2. The molecule has 0 aromatic heterocycles. The molecule has 94 valence electrons. The number of β-amino-alcohol motifs (C(OH)–C–C–N with tert-alkyl or cyclic N) is 1. The second kappa shape index (κ2) is 5.63. The van der Waals surface area contributed by atoms with Crippen LogP contribution in [0.2, 0.25) is 0 Å². The normalized spacial score (nSPS) is 27.2. The molecule has 1 aromatic rings. The number of rotatable bonds is 4. The molecule has 3 atom stereocenters. The second-order valence-electron chi connectivity index (χ2n) is 5.07. The lowest BCUT2D eigenvalue weighted by molar-refractivity contribution is 0.0898. The van der Waals surface area contributed by atoms with Gasteiger partial charge in [0.1, 0.15) is 0 Å². The van der Waals surface area contributed by atoms with Crippen LogP contribution < -0.4 is 0 Å². The highest BCUT2D eigenvalue weighted by Gasteiger charge is 2.34. The molecule has 17 heavy (non-hydrogen) atoms. The minimum Gasteiger partial charge on any atom is -0.396 e. The van der Waals surface area contributed by atoms with E-state index in [9.17, 15) is 5.11 Å². The SMILES string of the molecule is CC(CO)C1CN(Cc2ccccc2)CC1O. The zero-order chi connectivity index (χ0) is 12.3. The number of nitrogens with zero attached hydrogens (tertiary/aromatic N) is 1. The number of likely N-dealkylation sites (tertiary alicyclic amines) is 1. The minimum absolute atomic E-state index is 0.154. The average molecular weight is 235 g/mol. The van der Waals surface area contributed by atoms with Gasteiger partial charge in [-0.05, 0) is 11.5 Å². The second-order valence-corrected chi connectivity index (χ2v) is 5.07. The van der Waals surface area contributed by atoms with Crippen molar-refractivity contribution in [3.63, 3.8) is 0 Å². The highest BCUT2D eigenvalue weighted by molar-refractivity contribution is 5.14. The summed E-state index contributed by atoms with van der Waals surface area (Å²) in [5, 5.41) is 19.1. The first-order chi connectivity index (χ1) is 8.20. The molecule has 1 fully saturated rings. The van der Waals surface area contributed by atoms with Gasteiger partial charge in [0, 0.05) is 32.2 Å². The molecule has 1 aliphatic heterocycles. The Labute approximate surface area is 103 Å². The van der Waals surface area contributed by atoms with Crippen LogP contribution in [0.4, 0.5) is 0 Å². The van der Waals surface area contributed by atoms with E-state index in [1.54, 1.807) is 0 Å². The maximum atomic E-state index is 9.99. The van der Waals surface area contributed by atoms with Crippen LogP contribution in [0.15, 0.2) is 30.3 Å². The van der Waals surface area contributed by atoms with Gasteiger partial charge in [0.15, 0.2) is 0 Å². The van der Waals surface area contributed by atoms with Crippen molar-refractivity contribution in [1.29, 1.82) is 0 Å². The Morgan fingerprint density at radius 3 is 2.65 bits per heavy atom. The molecule has 0 radical (unpaired) electrons. The van der Waals surface area contributed by atoms with Gasteiger partial charge in [0.25, 0.3) is 0 Å². The molecule has 2 rings (SSSR count). The Hall–Kier alpha value is -0.900. The van der Waals surface area contributed by atoms with Gasteiger partial charge >= 0.3 is 0 Å². The van der Waals surface area contributed by atoms with Crippen molar-refractivity contribution in [2.24, 2.45) is 11.8 Å². The Bertz CT molecular complexity index is 341. The zero-order valence-corrected chi connectivity index (χ0v) is 10.3. The van der Waals surface area contributed by atoms with Gasteiger partial charge in [-0.15, -0.1) is 0 Å². The summed E-state index contributed by atoms with van der Waals surface area (Å²) in [6.45, 7) is 4.62. The summed E-state index contributed by atoms with van der Waals surface area (Å²) in [5.74, 6) is 0.370. The van der Waals surface area contributed by atoms with Crippen LogP contribution in [0.5, 0.6) is 0 Å². The Balaban J connectivity index is 1.93. The van der Waals surface area contributed by atoms with Gasteiger partial charge in [0.05, 0.1) is 6.10 Å². The minimum atomic E-state index is -0.305. The van der Waals surface area contributed by atoms with Crippen molar-refractivity contribution >= 4 is 0 Å². The monoisotopic (exact) mass is 235 g/mol. The van der Waals surface area contributed by atoms with Crippen molar-refractivity contribution < 1.29 is 10.2 Å². The topological polar surface area (TPSA) is 43.7 Å². The van der Waals surface area contributed by atoms with Crippen molar-refractivity contribution in [2.45, 2.75) is 19.6 Å². The lowest BCUT2D eigenvalue weighted by Crippen LogP contribution is -2.26. The molecule has 1 saturated heterocycles. The van der Waals surface area contributed by atoms with Crippen LogP contribution >= 0.6 is 0 Å². The van der Waals surface area contributed by atoms with Gasteiger partial charge < -0.3 is 10.2 Å². The van der Waals surface area contributed by atoms with Crippen LogP contribution in [-0.4, -0.2) is 40.9 Å². The van der Waals surface area contributed by atoms with Gasteiger partial charge in [-0.3, -0.25) is 4.90 Å². The third-order valence-corrected chi connectivity index (χ3v) is 3.68. The summed E-state index contributed by atoms with van der Waals surface area (Å²) in [4.78, 5) is 2.26. The van der Waals surface area contributed by atoms with E-state index in [2.05, 4.69) is 17.0 Å². The standard InChI is InChI=1S/C14H21NO2/c1-11(10-16)13-8-15(9-14(13)17)7-12-5-3-2-4-6-12/h2-6,11,13-14,16-17H,7-10H2,1H3. The number of aliphatic hydroxyl groups excluding tert-OH is 2. The van der Waals surface area contributed by atoms with Gasteiger partial charge in [0.2, 0.25) is 0 Å². The first-order valence-corrected chi connectivity index (χ1v) is 6.26. The fourth-order valence-corrected chi connectivity index (χ4v) is 2.56. The highest BCUT2D eigenvalue weighted by atomic mass is 16.3. The molecule has 2 N–H and O–H groups in total. The van der Waals surface area contributed by atoms with Crippen molar-refractivity contribution in [3.05, 3.63) is 35.9 Å². The van der Waals surface area contributed by atoms with Crippen LogP contribution in [0, 0.1) is 11.8 Å². The summed E-state index contributed by atoms with van der Waals surface area (Å²) in [6, 6.07) is 10.3. The van der Waals surface area contributed by atoms with E-state index in [0.29, 0.717) is 6.54 Å². The molecule has 1 heterocycles. The molecule has 3 heteroatoms. The number of hydrogen-bond acceptors (Lipinski definition) is 3. The third-order valence-electron chi connectivity index (χ3n) is 3.68. The molecule has 0 bridgehead atoms.